The number of nitrogens with two attached hydrogens (primary N) is 1. The lowest BCUT2D eigenvalue weighted by Crippen LogP contribution is -2.31. The van der Waals surface area contributed by atoms with Crippen molar-refractivity contribution in [3.63, 3.8) is 0 Å². The summed E-state index contributed by atoms with van der Waals surface area (Å²) >= 11 is 0. The summed E-state index contributed by atoms with van der Waals surface area (Å²) in [7, 11) is 0. The van der Waals surface area contributed by atoms with Crippen molar-refractivity contribution >= 4 is 11.6 Å². The fourth-order valence-electron chi connectivity index (χ4n) is 2.34. The van der Waals surface area contributed by atoms with Gasteiger partial charge in [0.25, 0.3) is 0 Å². The molecule has 5 nitrogen and oxygen atoms in total. The number of nitrogens with zero attached hydrogens (tertiary/aromatic N) is 2. The van der Waals surface area contributed by atoms with E-state index in [1.165, 1.54) is 32.4 Å². The molecule has 0 unspecified atom stereocenters. The predicted octanol–water partition coefficient (Wildman–Crippen LogP) is 2.22. The van der Waals surface area contributed by atoms with Gasteiger partial charge in [-0.05, 0) is 49.6 Å². The second-order valence-corrected chi connectivity index (χ2v) is 5.06. The van der Waals surface area contributed by atoms with Crippen LogP contribution in [0.25, 0.3) is 0 Å². The fourth-order valence-corrected chi connectivity index (χ4v) is 2.34. The maximum absolute atomic E-state index is 5.73. The second-order valence-electron chi connectivity index (χ2n) is 5.06. The molecular weight excluding hydrogens is 252 g/mol. The first-order chi connectivity index (χ1) is 9.84. The topological polar surface area (TPSA) is 62.9 Å². The van der Waals surface area contributed by atoms with Gasteiger partial charge in [-0.25, -0.2) is 0 Å². The van der Waals surface area contributed by atoms with E-state index in [4.69, 9.17) is 10.6 Å². The molecule has 0 aliphatic carbocycles. The zero-order valence-electron chi connectivity index (χ0n) is 11.9. The van der Waals surface area contributed by atoms with Crippen LogP contribution < -0.4 is 11.1 Å². The van der Waals surface area contributed by atoms with Crippen LogP contribution in [0.15, 0.2) is 35.5 Å². The van der Waals surface area contributed by atoms with Crippen molar-refractivity contribution in [3.8, 4) is 0 Å². The van der Waals surface area contributed by atoms with E-state index in [1.807, 2.05) is 30.3 Å². The van der Waals surface area contributed by atoms with Gasteiger partial charge in [-0.1, -0.05) is 24.6 Å². The number of likely N-dealkylation sites (tertiary alicyclic amines) is 1. The molecular formula is C15H24N4O. The van der Waals surface area contributed by atoms with Crippen molar-refractivity contribution in [2.24, 2.45) is 10.9 Å². The summed E-state index contributed by atoms with van der Waals surface area (Å²) in [5, 5.41) is 6.84. The molecule has 1 heterocycles. The normalized spacial score (nSPS) is 16.9. The van der Waals surface area contributed by atoms with E-state index in [-0.39, 0.29) is 5.96 Å². The summed E-state index contributed by atoms with van der Waals surface area (Å²) in [6.45, 7) is 4.14. The highest BCUT2D eigenvalue weighted by molar-refractivity contribution is 5.91. The second kappa shape index (κ2) is 8.43. The van der Waals surface area contributed by atoms with Crippen LogP contribution in [-0.2, 0) is 4.84 Å². The van der Waals surface area contributed by atoms with E-state index in [0.717, 1.165) is 18.7 Å². The minimum atomic E-state index is 0.286. The monoisotopic (exact) mass is 276 g/mol. The maximum Gasteiger partial charge on any atom is 0.235 e. The number of rotatable bonds is 6. The number of hydrogen-bond acceptors (Lipinski definition) is 3. The molecule has 0 atom stereocenters. The molecule has 20 heavy (non-hydrogen) atoms. The van der Waals surface area contributed by atoms with Crippen LogP contribution >= 0.6 is 0 Å². The van der Waals surface area contributed by atoms with Crippen molar-refractivity contribution in [2.75, 3.05) is 31.6 Å². The van der Waals surface area contributed by atoms with Gasteiger partial charge in [0, 0.05) is 12.2 Å². The molecule has 0 spiro atoms. The first-order valence-corrected chi connectivity index (χ1v) is 7.34. The molecule has 2 rings (SSSR count). The summed E-state index contributed by atoms with van der Waals surface area (Å²) in [4.78, 5) is 7.72. The molecule has 0 aromatic heterocycles. The molecule has 0 amide bonds. The smallest absolute Gasteiger partial charge is 0.235 e. The number of anilines is 1. The van der Waals surface area contributed by atoms with E-state index >= 15 is 0 Å². The first kappa shape index (κ1) is 14.7. The fraction of sp³-hybridized carbons (Fsp3) is 0.533. The Morgan fingerprint density at radius 1 is 1.20 bits per heavy atom. The van der Waals surface area contributed by atoms with E-state index in [1.54, 1.807) is 0 Å². The standard InChI is InChI=1S/C15H24N4O/c16-15(17-14-8-3-1-4-9-14)18-20-13-7-12-19-10-5-2-6-11-19/h1,3-4,8-9H,2,5-7,10-13H2,(H3,16,17,18). The Bertz CT molecular complexity index is 402. The number of para-hydroxylation sites is 1. The van der Waals surface area contributed by atoms with Gasteiger partial charge < -0.3 is 20.8 Å². The molecule has 3 N–H and O–H groups in total. The van der Waals surface area contributed by atoms with Crippen LogP contribution in [0.4, 0.5) is 5.69 Å². The number of benzene rings is 1. The van der Waals surface area contributed by atoms with Crippen molar-refractivity contribution in [1.29, 1.82) is 0 Å². The van der Waals surface area contributed by atoms with Gasteiger partial charge in [0.05, 0.1) is 0 Å². The zero-order chi connectivity index (χ0) is 14.0. The summed E-state index contributed by atoms with van der Waals surface area (Å²) in [5.41, 5.74) is 6.64. The SMILES string of the molecule is NC(=NOCCCN1CCCCC1)Nc1ccccc1. The predicted molar refractivity (Wildman–Crippen MR) is 82.5 cm³/mol. The average Bonchev–Trinajstić information content (AvgIpc) is 2.49. The summed E-state index contributed by atoms with van der Waals surface area (Å²) < 4.78 is 0. The highest BCUT2D eigenvalue weighted by atomic mass is 16.6. The van der Waals surface area contributed by atoms with E-state index in [2.05, 4.69) is 15.4 Å². The molecule has 1 aliphatic rings. The minimum Gasteiger partial charge on any atom is -0.393 e. The van der Waals surface area contributed by atoms with Crippen molar-refractivity contribution in [3.05, 3.63) is 30.3 Å². The number of oxime groups is 1. The summed E-state index contributed by atoms with van der Waals surface area (Å²) in [6, 6.07) is 9.69. The van der Waals surface area contributed by atoms with E-state index < -0.39 is 0 Å². The van der Waals surface area contributed by atoms with Crippen LogP contribution in [0, 0.1) is 0 Å². The number of guanidine groups is 1. The third kappa shape index (κ3) is 5.48. The van der Waals surface area contributed by atoms with Gasteiger partial charge in [0.15, 0.2) is 0 Å². The van der Waals surface area contributed by atoms with Gasteiger partial charge in [0.1, 0.15) is 6.61 Å². The van der Waals surface area contributed by atoms with Gasteiger partial charge in [-0.15, -0.1) is 0 Å². The maximum atomic E-state index is 5.73. The molecule has 5 heteroatoms. The summed E-state index contributed by atoms with van der Waals surface area (Å²) in [5.74, 6) is 0.286. The van der Waals surface area contributed by atoms with Crippen molar-refractivity contribution in [1.82, 2.24) is 4.90 Å². The molecule has 1 aromatic rings. The Hall–Kier alpha value is -1.75. The third-order valence-corrected chi connectivity index (χ3v) is 3.37. The van der Waals surface area contributed by atoms with Crippen molar-refractivity contribution in [2.45, 2.75) is 25.7 Å². The van der Waals surface area contributed by atoms with Crippen LogP contribution in [0.3, 0.4) is 0 Å². The minimum absolute atomic E-state index is 0.286. The lowest BCUT2D eigenvalue weighted by molar-refractivity contribution is 0.124. The number of piperidine rings is 1. The van der Waals surface area contributed by atoms with E-state index in [9.17, 15) is 0 Å². The molecule has 0 bridgehead atoms. The number of hydrogen-bond donors (Lipinski definition) is 2. The average molecular weight is 276 g/mol. The molecule has 110 valence electrons. The van der Waals surface area contributed by atoms with Crippen LogP contribution in [0.5, 0.6) is 0 Å². The Morgan fingerprint density at radius 3 is 2.70 bits per heavy atom. The van der Waals surface area contributed by atoms with Crippen molar-refractivity contribution < 1.29 is 4.84 Å². The Kier molecular flexibility index (Phi) is 6.17. The lowest BCUT2D eigenvalue weighted by Gasteiger charge is -2.25. The molecule has 1 aliphatic heterocycles. The molecule has 0 saturated carbocycles. The molecule has 1 saturated heterocycles. The lowest BCUT2D eigenvalue weighted by atomic mass is 10.1. The van der Waals surface area contributed by atoms with Gasteiger partial charge in [-0.2, -0.15) is 0 Å². The van der Waals surface area contributed by atoms with Gasteiger partial charge in [-0.3, -0.25) is 0 Å². The third-order valence-electron chi connectivity index (χ3n) is 3.37. The van der Waals surface area contributed by atoms with Gasteiger partial charge in [0.2, 0.25) is 5.96 Å². The largest absolute Gasteiger partial charge is 0.393 e. The zero-order valence-corrected chi connectivity index (χ0v) is 11.9. The highest BCUT2D eigenvalue weighted by Crippen LogP contribution is 2.08. The Labute approximate surface area is 120 Å². The van der Waals surface area contributed by atoms with E-state index in [0.29, 0.717) is 6.61 Å². The van der Waals surface area contributed by atoms with Crippen LogP contribution in [0.1, 0.15) is 25.7 Å². The summed E-state index contributed by atoms with van der Waals surface area (Å²) in [6.07, 6.45) is 5.01. The first-order valence-electron chi connectivity index (χ1n) is 7.34. The van der Waals surface area contributed by atoms with Crippen LogP contribution in [-0.4, -0.2) is 37.1 Å². The van der Waals surface area contributed by atoms with Gasteiger partial charge >= 0.3 is 0 Å². The molecule has 0 radical (unpaired) electrons. The molecule has 1 fully saturated rings. The molecule has 1 aromatic carbocycles. The Morgan fingerprint density at radius 2 is 1.95 bits per heavy atom. The quantitative estimate of drug-likeness (QED) is 0.362. The Balaban J connectivity index is 1.58. The highest BCUT2D eigenvalue weighted by Gasteiger charge is 2.08. The van der Waals surface area contributed by atoms with Crippen LogP contribution in [0.2, 0.25) is 0 Å². The number of nitrogens with one attached hydrogen (secondary N) is 1.